The van der Waals surface area contributed by atoms with Crippen LogP contribution in [0.5, 0.6) is 0 Å². The van der Waals surface area contributed by atoms with Crippen LogP contribution >= 0.6 is 0 Å². The molecule has 0 fully saturated rings. The molecule has 0 bridgehead atoms. The van der Waals surface area contributed by atoms with Gasteiger partial charge in [-0.3, -0.25) is 4.57 Å². The predicted octanol–water partition coefficient (Wildman–Crippen LogP) is 2.76. The van der Waals surface area contributed by atoms with Crippen LogP contribution in [0.25, 0.3) is 11.2 Å². The molecule has 0 aliphatic carbocycles. The van der Waals surface area contributed by atoms with Crippen molar-refractivity contribution in [3.63, 3.8) is 0 Å². The quantitative estimate of drug-likeness (QED) is 0.931. The van der Waals surface area contributed by atoms with E-state index in [-0.39, 0.29) is 0 Å². The summed E-state index contributed by atoms with van der Waals surface area (Å²) in [6.45, 7) is 9.51. The third kappa shape index (κ3) is 2.40. The first-order chi connectivity index (χ1) is 9.23. The van der Waals surface area contributed by atoms with Crippen molar-refractivity contribution < 1.29 is 9.90 Å². The van der Waals surface area contributed by atoms with Crippen molar-refractivity contribution in [3.8, 4) is 0 Å². The van der Waals surface area contributed by atoms with Crippen LogP contribution in [0.15, 0.2) is 12.3 Å². The van der Waals surface area contributed by atoms with Gasteiger partial charge in [-0.05, 0) is 38.3 Å². The van der Waals surface area contributed by atoms with Crippen LogP contribution in [-0.2, 0) is 16.8 Å². The van der Waals surface area contributed by atoms with Crippen LogP contribution in [0.3, 0.4) is 0 Å². The van der Waals surface area contributed by atoms with Gasteiger partial charge in [-0.1, -0.05) is 13.8 Å². The largest absolute Gasteiger partial charge is 0.480 e. The number of carboxylic acids is 1. The fourth-order valence-corrected chi connectivity index (χ4v) is 2.30. The number of carbonyl (C=O) groups is 1. The maximum atomic E-state index is 11.6. The highest BCUT2D eigenvalue weighted by molar-refractivity contribution is 5.80. The topological polar surface area (TPSA) is 68.0 Å². The number of carboxylic acid groups (broad SMARTS) is 1. The minimum absolute atomic E-state index is 0.399. The molecule has 2 aromatic heterocycles. The van der Waals surface area contributed by atoms with Crippen molar-refractivity contribution in [1.82, 2.24) is 14.5 Å². The number of aromatic nitrogens is 3. The standard InChI is InChI=1S/C15H21N3O2/c1-9(2)6-12-17-11-7-10(3)8-16-13(11)18(12)15(4,5)14(19)20/h7-9H,6H2,1-5H3,(H,19,20). The molecular weight excluding hydrogens is 254 g/mol. The van der Waals surface area contributed by atoms with E-state index < -0.39 is 11.5 Å². The number of imidazole rings is 1. The normalized spacial score (nSPS) is 12.3. The number of aliphatic carboxylic acids is 1. The van der Waals surface area contributed by atoms with Crippen LogP contribution in [0.1, 0.15) is 39.1 Å². The summed E-state index contributed by atoms with van der Waals surface area (Å²) in [4.78, 5) is 20.6. The lowest BCUT2D eigenvalue weighted by molar-refractivity contribution is -0.145. The summed E-state index contributed by atoms with van der Waals surface area (Å²) in [7, 11) is 0. The summed E-state index contributed by atoms with van der Waals surface area (Å²) in [6, 6.07) is 1.95. The van der Waals surface area contributed by atoms with E-state index in [9.17, 15) is 9.90 Å². The molecule has 0 saturated carbocycles. The second kappa shape index (κ2) is 4.89. The predicted molar refractivity (Wildman–Crippen MR) is 77.8 cm³/mol. The van der Waals surface area contributed by atoms with Crippen molar-refractivity contribution >= 4 is 17.1 Å². The first kappa shape index (κ1) is 14.5. The van der Waals surface area contributed by atoms with Gasteiger partial charge in [-0.25, -0.2) is 14.8 Å². The van der Waals surface area contributed by atoms with Crippen LogP contribution < -0.4 is 0 Å². The van der Waals surface area contributed by atoms with Crippen LogP contribution in [0.4, 0.5) is 0 Å². The molecule has 2 heterocycles. The molecule has 20 heavy (non-hydrogen) atoms. The molecule has 2 aromatic rings. The highest BCUT2D eigenvalue weighted by atomic mass is 16.4. The average Bonchev–Trinajstić information content (AvgIpc) is 2.64. The third-order valence-corrected chi connectivity index (χ3v) is 3.38. The maximum Gasteiger partial charge on any atom is 0.329 e. The Morgan fingerprint density at radius 1 is 1.45 bits per heavy atom. The van der Waals surface area contributed by atoms with Gasteiger partial charge >= 0.3 is 5.97 Å². The van der Waals surface area contributed by atoms with E-state index in [4.69, 9.17) is 0 Å². The Hall–Kier alpha value is -1.91. The lowest BCUT2D eigenvalue weighted by Crippen LogP contribution is -2.37. The summed E-state index contributed by atoms with van der Waals surface area (Å²) in [5.41, 5.74) is 1.35. The molecule has 0 spiro atoms. The Morgan fingerprint density at radius 2 is 2.10 bits per heavy atom. The molecule has 0 amide bonds. The molecule has 5 nitrogen and oxygen atoms in total. The van der Waals surface area contributed by atoms with E-state index in [1.165, 1.54) is 0 Å². The summed E-state index contributed by atoms with van der Waals surface area (Å²) < 4.78 is 1.75. The number of aryl methyl sites for hydroxylation is 1. The number of pyridine rings is 1. The van der Waals surface area contributed by atoms with Crippen molar-refractivity contribution in [3.05, 3.63) is 23.7 Å². The smallest absolute Gasteiger partial charge is 0.329 e. The van der Waals surface area contributed by atoms with Crippen molar-refractivity contribution in [1.29, 1.82) is 0 Å². The molecule has 0 aliphatic rings. The number of hydrogen-bond donors (Lipinski definition) is 1. The number of hydrogen-bond acceptors (Lipinski definition) is 3. The zero-order valence-corrected chi connectivity index (χ0v) is 12.6. The lowest BCUT2D eigenvalue weighted by atomic mass is 10.0. The number of rotatable bonds is 4. The summed E-state index contributed by atoms with van der Waals surface area (Å²) in [5, 5.41) is 9.51. The van der Waals surface area contributed by atoms with Gasteiger partial charge in [0.25, 0.3) is 0 Å². The zero-order valence-electron chi connectivity index (χ0n) is 12.6. The van der Waals surface area contributed by atoms with Gasteiger partial charge in [0.1, 0.15) is 16.9 Å². The van der Waals surface area contributed by atoms with Crippen molar-refractivity contribution in [2.45, 2.75) is 46.6 Å². The lowest BCUT2D eigenvalue weighted by Gasteiger charge is -2.24. The SMILES string of the molecule is Cc1cnc2c(c1)nc(CC(C)C)n2C(C)(C)C(=O)O. The van der Waals surface area contributed by atoms with Gasteiger partial charge in [-0.2, -0.15) is 0 Å². The van der Waals surface area contributed by atoms with E-state index in [0.717, 1.165) is 23.3 Å². The summed E-state index contributed by atoms with van der Waals surface area (Å²) >= 11 is 0. The Balaban J connectivity index is 2.74. The fraction of sp³-hybridized carbons (Fsp3) is 0.533. The molecule has 108 valence electrons. The van der Waals surface area contributed by atoms with E-state index in [0.29, 0.717) is 11.6 Å². The number of nitrogens with zero attached hydrogens (tertiary/aromatic N) is 3. The first-order valence-electron chi connectivity index (χ1n) is 6.81. The Bertz CT molecular complexity index is 656. The minimum Gasteiger partial charge on any atom is -0.480 e. The van der Waals surface area contributed by atoms with Gasteiger partial charge in [-0.15, -0.1) is 0 Å². The molecular formula is C15H21N3O2. The molecule has 0 unspecified atom stereocenters. The molecule has 0 aromatic carbocycles. The zero-order chi connectivity index (χ0) is 15.1. The van der Waals surface area contributed by atoms with Crippen LogP contribution in [0.2, 0.25) is 0 Å². The second-order valence-corrected chi connectivity index (χ2v) is 6.18. The fourth-order valence-electron chi connectivity index (χ4n) is 2.30. The average molecular weight is 275 g/mol. The third-order valence-electron chi connectivity index (χ3n) is 3.38. The van der Waals surface area contributed by atoms with E-state index in [1.807, 2.05) is 13.0 Å². The van der Waals surface area contributed by atoms with E-state index in [1.54, 1.807) is 24.6 Å². The number of fused-ring (bicyclic) bond motifs is 1. The molecule has 2 rings (SSSR count). The summed E-state index contributed by atoms with van der Waals surface area (Å²) in [5.74, 6) is 0.293. The molecule has 0 atom stereocenters. The Labute approximate surface area is 118 Å². The maximum absolute atomic E-state index is 11.6. The molecule has 0 saturated heterocycles. The molecule has 0 aliphatic heterocycles. The van der Waals surface area contributed by atoms with E-state index in [2.05, 4.69) is 23.8 Å². The summed E-state index contributed by atoms with van der Waals surface area (Å²) in [6.07, 6.45) is 2.48. The highest BCUT2D eigenvalue weighted by Crippen LogP contribution is 2.26. The monoisotopic (exact) mass is 275 g/mol. The Morgan fingerprint density at radius 3 is 2.65 bits per heavy atom. The van der Waals surface area contributed by atoms with Crippen molar-refractivity contribution in [2.75, 3.05) is 0 Å². The van der Waals surface area contributed by atoms with E-state index >= 15 is 0 Å². The minimum atomic E-state index is -1.07. The van der Waals surface area contributed by atoms with Gasteiger partial charge in [0, 0.05) is 12.6 Å². The Kier molecular flexibility index (Phi) is 3.54. The first-order valence-corrected chi connectivity index (χ1v) is 6.81. The molecule has 0 radical (unpaired) electrons. The molecule has 5 heteroatoms. The van der Waals surface area contributed by atoms with Gasteiger partial charge in [0.2, 0.25) is 0 Å². The van der Waals surface area contributed by atoms with Gasteiger partial charge in [0.05, 0.1) is 0 Å². The van der Waals surface area contributed by atoms with Crippen LogP contribution in [0, 0.1) is 12.8 Å². The molecule has 1 N–H and O–H groups in total. The second-order valence-electron chi connectivity index (χ2n) is 6.18. The van der Waals surface area contributed by atoms with Gasteiger partial charge < -0.3 is 5.11 Å². The van der Waals surface area contributed by atoms with Crippen LogP contribution in [-0.4, -0.2) is 25.6 Å². The highest BCUT2D eigenvalue weighted by Gasteiger charge is 2.34. The van der Waals surface area contributed by atoms with Crippen molar-refractivity contribution in [2.24, 2.45) is 5.92 Å². The van der Waals surface area contributed by atoms with Gasteiger partial charge in [0.15, 0.2) is 5.65 Å².